The average molecular weight is 468 g/mol. The highest BCUT2D eigenvalue weighted by molar-refractivity contribution is 8.15. The molecule has 1 fully saturated rings. The van der Waals surface area contributed by atoms with Crippen LogP contribution >= 0.6 is 11.8 Å². The van der Waals surface area contributed by atoms with Crippen LogP contribution < -0.4 is 10.1 Å². The van der Waals surface area contributed by atoms with Gasteiger partial charge in [0.2, 0.25) is 11.8 Å². The van der Waals surface area contributed by atoms with Crippen molar-refractivity contribution in [2.75, 3.05) is 25.6 Å². The minimum atomic E-state index is -0.641. The molecular formula is C24H25N3O5S. The molecule has 2 aromatic rings. The molecule has 0 aromatic heterocycles. The number of aliphatic imine (C=N–C) groups is 1. The zero-order valence-electron chi connectivity index (χ0n) is 18.4. The van der Waals surface area contributed by atoms with E-state index in [1.54, 1.807) is 68.6 Å². The lowest BCUT2D eigenvalue weighted by Crippen LogP contribution is -2.45. The van der Waals surface area contributed by atoms with Crippen molar-refractivity contribution in [3.63, 3.8) is 0 Å². The van der Waals surface area contributed by atoms with E-state index in [4.69, 9.17) is 9.47 Å². The fourth-order valence-corrected chi connectivity index (χ4v) is 4.15. The second-order valence-corrected chi connectivity index (χ2v) is 8.15. The molecule has 0 saturated carbocycles. The van der Waals surface area contributed by atoms with E-state index in [2.05, 4.69) is 16.9 Å². The summed E-state index contributed by atoms with van der Waals surface area (Å²) in [4.78, 5) is 43.5. The standard InChI is InChI=1S/C24H25N3O5S/c1-4-14-27-21(28)15-20(22(29)25-17-10-12-19(31-3)13-11-17)33-24(27)26-18-8-6-16(7-9-18)23(30)32-5-2/h4,6-13,20H,1,5,14-15H2,2-3H3,(H,25,29)/t20-/m0/s1. The van der Waals surface area contributed by atoms with Crippen molar-refractivity contribution >= 4 is 46.1 Å². The molecule has 172 valence electrons. The Bertz CT molecular complexity index is 1050. The largest absolute Gasteiger partial charge is 0.497 e. The second-order valence-electron chi connectivity index (χ2n) is 6.98. The van der Waals surface area contributed by atoms with Gasteiger partial charge in [-0.15, -0.1) is 6.58 Å². The van der Waals surface area contributed by atoms with Gasteiger partial charge in [0.15, 0.2) is 5.17 Å². The Morgan fingerprint density at radius 3 is 2.52 bits per heavy atom. The maximum Gasteiger partial charge on any atom is 0.338 e. The van der Waals surface area contributed by atoms with Crippen molar-refractivity contribution in [3.05, 3.63) is 66.7 Å². The van der Waals surface area contributed by atoms with Crippen LogP contribution in [0.3, 0.4) is 0 Å². The number of hydrogen-bond acceptors (Lipinski definition) is 7. The third-order valence-electron chi connectivity index (χ3n) is 4.70. The molecule has 33 heavy (non-hydrogen) atoms. The summed E-state index contributed by atoms with van der Waals surface area (Å²) < 4.78 is 10.1. The quantitative estimate of drug-likeness (QED) is 0.465. The van der Waals surface area contributed by atoms with Crippen LogP contribution in [0.15, 0.2) is 66.2 Å². The number of amidine groups is 1. The molecule has 0 aliphatic carbocycles. The molecule has 1 aliphatic heterocycles. The maximum absolute atomic E-state index is 12.9. The number of nitrogens with one attached hydrogen (secondary N) is 1. The zero-order chi connectivity index (χ0) is 23.8. The Morgan fingerprint density at radius 1 is 1.21 bits per heavy atom. The van der Waals surface area contributed by atoms with Gasteiger partial charge in [0.05, 0.1) is 25.0 Å². The monoisotopic (exact) mass is 467 g/mol. The summed E-state index contributed by atoms with van der Waals surface area (Å²) >= 11 is 1.21. The van der Waals surface area contributed by atoms with Crippen LogP contribution in [0, 0.1) is 0 Å². The third-order valence-corrected chi connectivity index (χ3v) is 5.89. The lowest BCUT2D eigenvalue weighted by atomic mass is 10.2. The Hall–Kier alpha value is -3.59. The molecule has 1 atom stereocenters. The van der Waals surface area contributed by atoms with Crippen molar-refractivity contribution in [1.82, 2.24) is 4.90 Å². The van der Waals surface area contributed by atoms with E-state index < -0.39 is 11.2 Å². The van der Waals surface area contributed by atoms with Gasteiger partial charge in [0.25, 0.3) is 0 Å². The Morgan fingerprint density at radius 2 is 1.91 bits per heavy atom. The summed E-state index contributed by atoms with van der Waals surface area (Å²) in [5.41, 5.74) is 1.56. The first-order valence-electron chi connectivity index (χ1n) is 10.3. The zero-order valence-corrected chi connectivity index (χ0v) is 19.3. The number of hydrogen-bond donors (Lipinski definition) is 1. The average Bonchev–Trinajstić information content (AvgIpc) is 2.82. The summed E-state index contributed by atoms with van der Waals surface area (Å²) in [5, 5.41) is 2.59. The number of rotatable bonds is 8. The van der Waals surface area contributed by atoms with Crippen LogP contribution in [0.2, 0.25) is 0 Å². The number of amides is 2. The molecule has 8 nitrogen and oxygen atoms in total. The van der Waals surface area contributed by atoms with Gasteiger partial charge in [0, 0.05) is 18.7 Å². The minimum Gasteiger partial charge on any atom is -0.497 e. The van der Waals surface area contributed by atoms with Gasteiger partial charge in [-0.05, 0) is 55.5 Å². The number of esters is 1. The van der Waals surface area contributed by atoms with Crippen molar-refractivity contribution < 1.29 is 23.9 Å². The molecule has 9 heteroatoms. The molecule has 1 N–H and O–H groups in total. The predicted octanol–water partition coefficient (Wildman–Crippen LogP) is 4.02. The van der Waals surface area contributed by atoms with Crippen LogP contribution in [0.1, 0.15) is 23.7 Å². The molecule has 1 heterocycles. The van der Waals surface area contributed by atoms with Gasteiger partial charge >= 0.3 is 5.97 Å². The van der Waals surface area contributed by atoms with Crippen LogP contribution in [0.5, 0.6) is 5.75 Å². The van der Waals surface area contributed by atoms with E-state index in [0.717, 1.165) is 0 Å². The molecule has 0 spiro atoms. The van der Waals surface area contributed by atoms with E-state index in [0.29, 0.717) is 27.9 Å². The lowest BCUT2D eigenvalue weighted by molar-refractivity contribution is -0.129. The van der Waals surface area contributed by atoms with Gasteiger partial charge in [-0.25, -0.2) is 9.79 Å². The number of methoxy groups -OCH3 is 1. The van der Waals surface area contributed by atoms with E-state index in [1.807, 2.05) is 0 Å². The third kappa shape index (κ3) is 6.23. The molecule has 2 amide bonds. The Kier molecular flexibility index (Phi) is 8.26. The lowest BCUT2D eigenvalue weighted by Gasteiger charge is -2.31. The summed E-state index contributed by atoms with van der Waals surface area (Å²) in [6.07, 6.45) is 1.65. The molecule has 1 saturated heterocycles. The summed E-state index contributed by atoms with van der Waals surface area (Å²) in [6.45, 7) is 6.01. The molecular weight excluding hydrogens is 442 g/mol. The molecule has 0 bridgehead atoms. The van der Waals surface area contributed by atoms with Crippen molar-refractivity contribution in [1.29, 1.82) is 0 Å². The Balaban J connectivity index is 1.78. The van der Waals surface area contributed by atoms with E-state index in [-0.39, 0.29) is 31.4 Å². The van der Waals surface area contributed by atoms with Gasteiger partial charge < -0.3 is 14.8 Å². The van der Waals surface area contributed by atoms with Crippen molar-refractivity contribution in [3.8, 4) is 5.75 Å². The smallest absolute Gasteiger partial charge is 0.338 e. The minimum absolute atomic E-state index is 0.0430. The summed E-state index contributed by atoms with van der Waals surface area (Å²) in [5.74, 6) is -0.242. The van der Waals surface area contributed by atoms with Gasteiger partial charge in [-0.1, -0.05) is 17.8 Å². The van der Waals surface area contributed by atoms with Crippen molar-refractivity contribution in [2.24, 2.45) is 4.99 Å². The molecule has 2 aromatic carbocycles. The highest BCUT2D eigenvalue weighted by atomic mass is 32.2. The number of anilines is 1. The maximum atomic E-state index is 12.9. The summed E-state index contributed by atoms with van der Waals surface area (Å²) in [7, 11) is 1.57. The molecule has 0 radical (unpaired) electrons. The molecule has 1 aliphatic rings. The Labute approximate surface area is 196 Å². The molecule has 0 unspecified atom stereocenters. The van der Waals surface area contributed by atoms with Gasteiger partial charge in [0.1, 0.15) is 11.0 Å². The van der Waals surface area contributed by atoms with Crippen molar-refractivity contribution in [2.45, 2.75) is 18.6 Å². The number of carbonyl (C=O) groups excluding carboxylic acids is 3. The predicted molar refractivity (Wildman–Crippen MR) is 129 cm³/mol. The first-order chi connectivity index (χ1) is 15.9. The number of nitrogens with zero attached hydrogens (tertiary/aromatic N) is 2. The number of benzene rings is 2. The first-order valence-corrected chi connectivity index (χ1v) is 11.2. The van der Waals surface area contributed by atoms with Crippen LogP contribution in [0.4, 0.5) is 11.4 Å². The highest BCUT2D eigenvalue weighted by Gasteiger charge is 2.35. The fraction of sp³-hybridized carbons (Fsp3) is 0.250. The second kappa shape index (κ2) is 11.3. The number of ether oxygens (including phenoxy) is 2. The number of carbonyl (C=O) groups is 3. The number of thioether (sulfide) groups is 1. The summed E-state index contributed by atoms with van der Waals surface area (Å²) in [6, 6.07) is 13.5. The van der Waals surface area contributed by atoms with E-state index >= 15 is 0 Å². The fourth-order valence-electron chi connectivity index (χ4n) is 3.04. The first kappa shape index (κ1) is 24.1. The normalized spacial score (nSPS) is 16.9. The molecule has 3 rings (SSSR count). The van der Waals surface area contributed by atoms with E-state index in [9.17, 15) is 14.4 Å². The topological polar surface area (TPSA) is 97.3 Å². The van der Waals surface area contributed by atoms with Gasteiger partial charge in [-0.3, -0.25) is 14.5 Å². The van der Waals surface area contributed by atoms with Crippen LogP contribution in [-0.4, -0.2) is 53.4 Å². The van der Waals surface area contributed by atoms with Gasteiger partial charge in [-0.2, -0.15) is 0 Å². The highest BCUT2D eigenvalue weighted by Crippen LogP contribution is 2.30. The van der Waals surface area contributed by atoms with Crippen LogP contribution in [-0.2, 0) is 14.3 Å². The van der Waals surface area contributed by atoms with E-state index in [1.165, 1.54) is 16.7 Å². The SMILES string of the molecule is C=CCN1C(=O)C[C@@H](C(=O)Nc2ccc(OC)cc2)SC1=Nc1ccc(C(=O)OCC)cc1. The van der Waals surface area contributed by atoms with Crippen LogP contribution in [0.25, 0.3) is 0 Å².